The number of aliphatic carboxylic acids is 1. The van der Waals surface area contributed by atoms with E-state index in [4.69, 9.17) is 9.84 Å². The van der Waals surface area contributed by atoms with Crippen molar-refractivity contribution in [3.8, 4) is 5.75 Å². The molecule has 0 heterocycles. The second kappa shape index (κ2) is 8.18. The monoisotopic (exact) mass is 333 g/mol. The molecule has 0 atom stereocenters. The SMILES string of the molecule is CC(C)CC1(C(=O)NCCc2ccc(OCC(=O)O)cc2)CCC1. The Morgan fingerprint density at radius 3 is 2.42 bits per heavy atom. The zero-order valence-corrected chi connectivity index (χ0v) is 14.5. The molecular weight excluding hydrogens is 306 g/mol. The Morgan fingerprint density at radius 1 is 1.25 bits per heavy atom. The summed E-state index contributed by atoms with van der Waals surface area (Å²) in [5.41, 5.74) is 0.951. The van der Waals surface area contributed by atoms with Crippen molar-refractivity contribution in [1.29, 1.82) is 0 Å². The zero-order valence-electron chi connectivity index (χ0n) is 14.5. The molecule has 1 aromatic carbocycles. The molecular formula is C19H27NO4. The number of rotatable bonds is 9. The van der Waals surface area contributed by atoms with Gasteiger partial charge in [-0.15, -0.1) is 0 Å². The average Bonchev–Trinajstić information content (AvgIpc) is 2.49. The first-order chi connectivity index (χ1) is 11.4. The summed E-state index contributed by atoms with van der Waals surface area (Å²) >= 11 is 0. The minimum Gasteiger partial charge on any atom is -0.482 e. The van der Waals surface area contributed by atoms with Crippen LogP contribution in [0.2, 0.25) is 0 Å². The fourth-order valence-electron chi connectivity index (χ4n) is 3.31. The molecule has 1 fully saturated rings. The lowest BCUT2D eigenvalue weighted by atomic mass is 9.64. The standard InChI is InChI=1S/C19H27NO4/c1-14(2)12-19(9-3-10-19)18(23)20-11-8-15-4-6-16(7-5-15)24-13-17(21)22/h4-7,14H,3,8-13H2,1-2H3,(H,20,23)(H,21,22). The first-order valence-electron chi connectivity index (χ1n) is 8.63. The second-order valence-electron chi connectivity index (χ2n) is 7.06. The lowest BCUT2D eigenvalue weighted by molar-refractivity contribution is -0.139. The summed E-state index contributed by atoms with van der Waals surface area (Å²) in [7, 11) is 0. The minimum absolute atomic E-state index is 0.136. The van der Waals surface area contributed by atoms with Crippen molar-refractivity contribution in [3.63, 3.8) is 0 Å². The van der Waals surface area contributed by atoms with Crippen molar-refractivity contribution in [3.05, 3.63) is 29.8 Å². The minimum atomic E-state index is -0.992. The number of amides is 1. The van der Waals surface area contributed by atoms with Crippen LogP contribution in [0, 0.1) is 11.3 Å². The molecule has 1 aliphatic rings. The molecule has 0 saturated heterocycles. The van der Waals surface area contributed by atoms with Crippen molar-refractivity contribution in [2.24, 2.45) is 11.3 Å². The van der Waals surface area contributed by atoms with Gasteiger partial charge >= 0.3 is 5.97 Å². The Hall–Kier alpha value is -2.04. The molecule has 1 amide bonds. The molecule has 0 spiro atoms. The van der Waals surface area contributed by atoms with Crippen LogP contribution in [0.25, 0.3) is 0 Å². The molecule has 1 aromatic rings. The van der Waals surface area contributed by atoms with Gasteiger partial charge in [0.05, 0.1) is 0 Å². The summed E-state index contributed by atoms with van der Waals surface area (Å²) in [5.74, 6) is 0.280. The van der Waals surface area contributed by atoms with E-state index >= 15 is 0 Å². The van der Waals surface area contributed by atoms with E-state index < -0.39 is 5.97 Å². The van der Waals surface area contributed by atoms with Crippen LogP contribution in [0.4, 0.5) is 0 Å². The van der Waals surface area contributed by atoms with E-state index in [9.17, 15) is 9.59 Å². The largest absolute Gasteiger partial charge is 0.482 e. The van der Waals surface area contributed by atoms with Gasteiger partial charge in [0.1, 0.15) is 5.75 Å². The molecule has 1 aliphatic carbocycles. The third-order valence-electron chi connectivity index (χ3n) is 4.58. The van der Waals surface area contributed by atoms with Crippen LogP contribution >= 0.6 is 0 Å². The van der Waals surface area contributed by atoms with Crippen LogP contribution in [0.15, 0.2) is 24.3 Å². The number of hydrogen-bond donors (Lipinski definition) is 2. The smallest absolute Gasteiger partial charge is 0.341 e. The van der Waals surface area contributed by atoms with E-state index in [1.54, 1.807) is 12.1 Å². The number of nitrogens with one attached hydrogen (secondary N) is 1. The molecule has 1 saturated carbocycles. The summed E-state index contributed by atoms with van der Waals surface area (Å²) in [5, 5.41) is 11.7. The highest BCUT2D eigenvalue weighted by molar-refractivity contribution is 5.83. The number of carbonyl (C=O) groups is 2. The number of carboxylic acid groups (broad SMARTS) is 1. The number of carbonyl (C=O) groups excluding carboxylic acids is 1. The van der Waals surface area contributed by atoms with Crippen molar-refractivity contribution in [2.45, 2.75) is 46.0 Å². The summed E-state index contributed by atoms with van der Waals surface area (Å²) in [6.45, 7) is 4.62. The molecule has 0 aromatic heterocycles. The van der Waals surface area contributed by atoms with Gasteiger partial charge in [0.15, 0.2) is 6.61 Å². The first-order valence-corrected chi connectivity index (χ1v) is 8.63. The summed E-state index contributed by atoms with van der Waals surface area (Å²) in [6, 6.07) is 7.31. The van der Waals surface area contributed by atoms with Crippen LogP contribution in [0.5, 0.6) is 5.75 Å². The van der Waals surface area contributed by atoms with Gasteiger partial charge in [-0.3, -0.25) is 4.79 Å². The van der Waals surface area contributed by atoms with E-state index in [-0.39, 0.29) is 17.9 Å². The van der Waals surface area contributed by atoms with Gasteiger partial charge in [-0.2, -0.15) is 0 Å². The third kappa shape index (κ3) is 4.98. The second-order valence-corrected chi connectivity index (χ2v) is 7.06. The Kier molecular flexibility index (Phi) is 6.23. The van der Waals surface area contributed by atoms with Gasteiger partial charge in [0, 0.05) is 12.0 Å². The molecule has 5 nitrogen and oxygen atoms in total. The van der Waals surface area contributed by atoms with E-state index in [2.05, 4.69) is 19.2 Å². The lowest BCUT2D eigenvalue weighted by Gasteiger charge is -2.41. The van der Waals surface area contributed by atoms with Gasteiger partial charge in [-0.05, 0) is 49.3 Å². The lowest BCUT2D eigenvalue weighted by Crippen LogP contribution is -2.47. The number of carboxylic acids is 1. The highest BCUT2D eigenvalue weighted by Crippen LogP contribution is 2.46. The van der Waals surface area contributed by atoms with Gasteiger partial charge in [0.2, 0.25) is 5.91 Å². The van der Waals surface area contributed by atoms with Crippen molar-refractivity contribution in [2.75, 3.05) is 13.2 Å². The molecule has 0 radical (unpaired) electrons. The van der Waals surface area contributed by atoms with Crippen molar-refractivity contribution < 1.29 is 19.4 Å². The molecule has 2 rings (SSSR count). The average molecular weight is 333 g/mol. The highest BCUT2D eigenvalue weighted by Gasteiger charge is 2.43. The topological polar surface area (TPSA) is 75.6 Å². The summed E-state index contributed by atoms with van der Waals surface area (Å²) in [6.07, 6.45) is 4.88. The van der Waals surface area contributed by atoms with Crippen LogP contribution in [0.3, 0.4) is 0 Å². The van der Waals surface area contributed by atoms with Crippen LogP contribution < -0.4 is 10.1 Å². The molecule has 0 bridgehead atoms. The molecule has 5 heteroatoms. The van der Waals surface area contributed by atoms with Crippen molar-refractivity contribution in [1.82, 2.24) is 5.32 Å². The van der Waals surface area contributed by atoms with Gasteiger partial charge in [-0.25, -0.2) is 4.79 Å². The van der Waals surface area contributed by atoms with Crippen LogP contribution in [-0.2, 0) is 16.0 Å². The van der Waals surface area contributed by atoms with E-state index in [0.717, 1.165) is 37.7 Å². The number of benzene rings is 1. The fourth-order valence-corrected chi connectivity index (χ4v) is 3.31. The molecule has 2 N–H and O–H groups in total. The third-order valence-corrected chi connectivity index (χ3v) is 4.58. The molecule has 24 heavy (non-hydrogen) atoms. The summed E-state index contributed by atoms with van der Waals surface area (Å²) < 4.78 is 5.10. The predicted octanol–water partition coefficient (Wildman–Crippen LogP) is 3.03. The normalized spacial score (nSPS) is 15.6. The fraction of sp³-hybridized carbons (Fsp3) is 0.579. The maximum atomic E-state index is 12.5. The first kappa shape index (κ1) is 18.3. The quantitative estimate of drug-likeness (QED) is 0.728. The predicted molar refractivity (Wildman–Crippen MR) is 92.0 cm³/mol. The van der Waals surface area contributed by atoms with Gasteiger partial charge in [-0.1, -0.05) is 32.4 Å². The summed E-state index contributed by atoms with van der Waals surface area (Å²) in [4.78, 5) is 22.9. The Balaban J connectivity index is 1.77. The Labute approximate surface area is 143 Å². The molecule has 0 unspecified atom stereocenters. The van der Waals surface area contributed by atoms with E-state index in [0.29, 0.717) is 18.2 Å². The Bertz CT molecular complexity index is 561. The maximum Gasteiger partial charge on any atom is 0.341 e. The van der Waals surface area contributed by atoms with Gasteiger partial charge < -0.3 is 15.2 Å². The highest BCUT2D eigenvalue weighted by atomic mass is 16.5. The number of ether oxygens (including phenoxy) is 1. The van der Waals surface area contributed by atoms with Crippen molar-refractivity contribution >= 4 is 11.9 Å². The maximum absolute atomic E-state index is 12.5. The zero-order chi connectivity index (χ0) is 17.6. The van der Waals surface area contributed by atoms with E-state index in [1.807, 2.05) is 12.1 Å². The van der Waals surface area contributed by atoms with Crippen LogP contribution in [0.1, 0.15) is 45.1 Å². The molecule has 0 aliphatic heterocycles. The molecule has 132 valence electrons. The number of hydrogen-bond acceptors (Lipinski definition) is 3. The van der Waals surface area contributed by atoms with E-state index in [1.165, 1.54) is 0 Å². The van der Waals surface area contributed by atoms with Gasteiger partial charge in [0.25, 0.3) is 0 Å². The Morgan fingerprint density at radius 2 is 1.92 bits per heavy atom. The van der Waals surface area contributed by atoms with Crippen LogP contribution in [-0.4, -0.2) is 30.1 Å².